The van der Waals surface area contributed by atoms with E-state index in [9.17, 15) is 0 Å². The van der Waals surface area contributed by atoms with Crippen molar-refractivity contribution in [3.8, 4) is 11.1 Å². The molecule has 0 aliphatic heterocycles. The molecule has 1 aromatic carbocycles. The zero-order valence-corrected chi connectivity index (χ0v) is 12.0. The lowest BCUT2D eigenvalue weighted by Gasteiger charge is -1.96. The van der Waals surface area contributed by atoms with Gasteiger partial charge < -0.3 is 4.42 Å². The largest absolute Gasteiger partial charge is 0.465 e. The Kier molecular flexibility index (Phi) is 3.26. The first kappa shape index (κ1) is 12.2. The van der Waals surface area contributed by atoms with E-state index in [4.69, 9.17) is 4.42 Å². The smallest absolute Gasteiger partial charge is 0.110 e. The molecule has 0 radical (unpaired) electrons. The van der Waals surface area contributed by atoms with E-state index in [0.29, 0.717) is 0 Å². The van der Waals surface area contributed by atoms with Gasteiger partial charge in [-0.2, -0.15) is 0 Å². The Labute approximate surface area is 117 Å². The molecule has 0 spiro atoms. The molecule has 0 bridgehead atoms. The second-order valence-corrected chi connectivity index (χ2v) is 6.11. The summed E-state index contributed by atoms with van der Waals surface area (Å²) in [5.41, 5.74) is 2.42. The highest BCUT2D eigenvalue weighted by Gasteiger charge is 2.10. The number of hydrogen-bond acceptors (Lipinski definition) is 2. The van der Waals surface area contributed by atoms with Gasteiger partial charge in [-0.3, -0.25) is 0 Å². The van der Waals surface area contributed by atoms with Gasteiger partial charge in [-0.15, -0.1) is 11.3 Å². The summed E-state index contributed by atoms with van der Waals surface area (Å²) in [5, 5.41) is 0. The van der Waals surface area contributed by atoms with Crippen molar-refractivity contribution in [2.75, 3.05) is 0 Å². The van der Waals surface area contributed by atoms with Crippen LogP contribution in [-0.4, -0.2) is 0 Å². The van der Waals surface area contributed by atoms with Gasteiger partial charge in [0.25, 0.3) is 0 Å². The van der Waals surface area contributed by atoms with Gasteiger partial charge in [-0.25, -0.2) is 0 Å². The quantitative estimate of drug-likeness (QED) is 0.635. The summed E-state index contributed by atoms with van der Waals surface area (Å²) < 4.78 is 5.89. The molecule has 0 N–H and O–H groups in total. The molecule has 96 valence electrons. The fourth-order valence-electron chi connectivity index (χ4n) is 2.29. The molecule has 2 aromatic heterocycles. The minimum absolute atomic E-state index is 0.881. The fraction of sp³-hybridized carbons (Fsp3) is 0.176. The molecule has 2 heterocycles. The molecule has 0 unspecified atom stereocenters. The van der Waals surface area contributed by atoms with Crippen LogP contribution in [0.25, 0.3) is 11.1 Å². The van der Waals surface area contributed by atoms with Gasteiger partial charge in [-0.05, 0) is 37.6 Å². The maximum Gasteiger partial charge on any atom is 0.110 e. The second kappa shape index (κ2) is 5.06. The molecule has 0 fully saturated rings. The molecule has 1 nitrogen and oxygen atoms in total. The van der Waals surface area contributed by atoms with Crippen LogP contribution < -0.4 is 0 Å². The van der Waals surface area contributed by atoms with E-state index in [1.54, 1.807) is 0 Å². The van der Waals surface area contributed by atoms with Crippen molar-refractivity contribution < 1.29 is 4.42 Å². The Morgan fingerprint density at radius 2 is 1.79 bits per heavy atom. The molecule has 0 aliphatic rings. The molecule has 0 aliphatic carbocycles. The van der Waals surface area contributed by atoms with Crippen molar-refractivity contribution in [2.45, 2.75) is 20.3 Å². The zero-order valence-electron chi connectivity index (χ0n) is 11.1. The lowest BCUT2D eigenvalue weighted by atomic mass is 10.1. The summed E-state index contributed by atoms with van der Waals surface area (Å²) in [5.74, 6) is 2.03. The first-order valence-corrected chi connectivity index (χ1v) is 7.24. The fourth-order valence-corrected chi connectivity index (χ4v) is 3.19. The summed E-state index contributed by atoms with van der Waals surface area (Å²) in [6, 6.07) is 16.9. The number of benzene rings is 1. The number of hydrogen-bond donors (Lipinski definition) is 0. The van der Waals surface area contributed by atoms with Gasteiger partial charge in [0, 0.05) is 21.7 Å². The SMILES string of the molecule is Cc1ccc(Cc2cc(-c3ccccc3)c(C)o2)s1. The molecular weight excluding hydrogens is 252 g/mol. The Morgan fingerprint density at radius 1 is 1.00 bits per heavy atom. The number of aryl methyl sites for hydroxylation is 2. The van der Waals surface area contributed by atoms with E-state index in [1.807, 2.05) is 24.3 Å². The van der Waals surface area contributed by atoms with Gasteiger partial charge >= 0.3 is 0 Å². The van der Waals surface area contributed by atoms with Gasteiger partial charge in [0.15, 0.2) is 0 Å². The molecule has 0 amide bonds. The minimum atomic E-state index is 0.881. The van der Waals surface area contributed by atoms with Crippen molar-refractivity contribution in [1.82, 2.24) is 0 Å². The molecule has 0 atom stereocenters. The summed E-state index contributed by atoms with van der Waals surface area (Å²) in [4.78, 5) is 2.70. The summed E-state index contributed by atoms with van der Waals surface area (Å²) >= 11 is 1.83. The lowest BCUT2D eigenvalue weighted by molar-refractivity contribution is 0.494. The summed E-state index contributed by atoms with van der Waals surface area (Å²) in [7, 11) is 0. The van der Waals surface area contributed by atoms with Crippen LogP contribution in [0.1, 0.15) is 21.3 Å². The topological polar surface area (TPSA) is 13.1 Å². The Bertz CT molecular complexity index is 676. The molecule has 0 saturated heterocycles. The van der Waals surface area contributed by atoms with Crippen LogP contribution in [0.2, 0.25) is 0 Å². The second-order valence-electron chi connectivity index (χ2n) is 4.74. The molecule has 3 aromatic rings. The van der Waals surface area contributed by atoms with Crippen LogP contribution in [0.15, 0.2) is 52.9 Å². The van der Waals surface area contributed by atoms with Crippen LogP contribution in [0, 0.1) is 13.8 Å². The van der Waals surface area contributed by atoms with Crippen LogP contribution in [0.3, 0.4) is 0 Å². The third kappa shape index (κ3) is 2.64. The highest BCUT2D eigenvalue weighted by atomic mass is 32.1. The lowest BCUT2D eigenvalue weighted by Crippen LogP contribution is -1.79. The van der Waals surface area contributed by atoms with Crippen LogP contribution in [-0.2, 0) is 6.42 Å². The average molecular weight is 268 g/mol. The number of rotatable bonds is 3. The van der Waals surface area contributed by atoms with Crippen molar-refractivity contribution in [1.29, 1.82) is 0 Å². The summed E-state index contributed by atoms with van der Waals surface area (Å²) in [6.45, 7) is 4.17. The zero-order chi connectivity index (χ0) is 13.2. The van der Waals surface area contributed by atoms with Gasteiger partial charge in [0.1, 0.15) is 11.5 Å². The predicted molar refractivity (Wildman–Crippen MR) is 80.7 cm³/mol. The number of furan rings is 1. The van der Waals surface area contributed by atoms with E-state index in [1.165, 1.54) is 20.9 Å². The molecule has 0 saturated carbocycles. The van der Waals surface area contributed by atoms with Crippen LogP contribution >= 0.6 is 11.3 Å². The van der Waals surface area contributed by atoms with Crippen LogP contribution in [0.4, 0.5) is 0 Å². The molecular formula is C17H16OS. The average Bonchev–Trinajstić information content (AvgIpc) is 2.97. The Morgan fingerprint density at radius 3 is 2.47 bits per heavy atom. The van der Waals surface area contributed by atoms with Crippen LogP contribution in [0.5, 0.6) is 0 Å². The third-order valence-corrected chi connectivity index (χ3v) is 4.20. The van der Waals surface area contributed by atoms with Gasteiger partial charge in [0.2, 0.25) is 0 Å². The highest BCUT2D eigenvalue weighted by molar-refractivity contribution is 7.11. The predicted octanol–water partition coefficient (Wildman–Crippen LogP) is 5.22. The summed E-state index contributed by atoms with van der Waals surface area (Å²) in [6.07, 6.45) is 0.881. The van der Waals surface area contributed by atoms with E-state index in [2.05, 4.69) is 49.4 Å². The van der Waals surface area contributed by atoms with Gasteiger partial charge in [-0.1, -0.05) is 30.3 Å². The first-order valence-electron chi connectivity index (χ1n) is 6.42. The standard InChI is InChI=1S/C17H16OS/c1-12-8-9-16(19-12)10-15-11-17(13(2)18-15)14-6-4-3-5-7-14/h3-9,11H,10H2,1-2H3. The molecule has 19 heavy (non-hydrogen) atoms. The number of thiophene rings is 1. The van der Waals surface area contributed by atoms with E-state index >= 15 is 0 Å². The Balaban J connectivity index is 1.89. The Hall–Kier alpha value is -1.80. The van der Waals surface area contributed by atoms with Crippen molar-refractivity contribution >= 4 is 11.3 Å². The third-order valence-electron chi connectivity index (χ3n) is 3.20. The first-order chi connectivity index (χ1) is 9.22. The van der Waals surface area contributed by atoms with Crippen molar-refractivity contribution in [3.05, 3.63) is 69.8 Å². The molecule has 3 rings (SSSR count). The van der Waals surface area contributed by atoms with E-state index in [0.717, 1.165) is 17.9 Å². The highest BCUT2D eigenvalue weighted by Crippen LogP contribution is 2.28. The maximum atomic E-state index is 5.89. The minimum Gasteiger partial charge on any atom is -0.465 e. The van der Waals surface area contributed by atoms with Gasteiger partial charge in [0.05, 0.1) is 0 Å². The maximum absolute atomic E-state index is 5.89. The van der Waals surface area contributed by atoms with E-state index < -0.39 is 0 Å². The van der Waals surface area contributed by atoms with Crippen molar-refractivity contribution in [2.24, 2.45) is 0 Å². The monoisotopic (exact) mass is 268 g/mol. The molecule has 2 heteroatoms. The normalized spacial score (nSPS) is 10.8. The van der Waals surface area contributed by atoms with Crippen molar-refractivity contribution in [3.63, 3.8) is 0 Å². The van der Waals surface area contributed by atoms with E-state index in [-0.39, 0.29) is 0 Å².